The molecule has 1 aromatic rings. The predicted molar refractivity (Wildman–Crippen MR) is 103 cm³/mol. The van der Waals surface area contributed by atoms with Gasteiger partial charge in [-0.25, -0.2) is 0 Å². The summed E-state index contributed by atoms with van der Waals surface area (Å²) in [7, 11) is 2.61. The molecule has 5 nitrogen and oxygen atoms in total. The van der Waals surface area contributed by atoms with Gasteiger partial charge in [-0.2, -0.15) is 13.2 Å². The number of rotatable bonds is 5. The monoisotopic (exact) mass is 492 g/mol. The van der Waals surface area contributed by atoms with E-state index in [1.54, 1.807) is 12.1 Å². The van der Waals surface area contributed by atoms with Gasteiger partial charge in [-0.3, -0.25) is 9.79 Å². The molecule has 1 atom stereocenters. The van der Waals surface area contributed by atoms with Gasteiger partial charge in [-0.1, -0.05) is 23.7 Å². The second kappa shape index (κ2) is 10.7. The topological polar surface area (TPSA) is 56.7 Å². The maximum absolute atomic E-state index is 12.3. The molecule has 25 heavy (non-hydrogen) atoms. The summed E-state index contributed by atoms with van der Waals surface area (Å²) in [6.07, 6.45) is -4.42. The lowest BCUT2D eigenvalue weighted by molar-refractivity contribution is -0.157. The molecule has 0 heterocycles. The fourth-order valence-corrected chi connectivity index (χ4v) is 2.01. The van der Waals surface area contributed by atoms with Crippen LogP contribution in [0.5, 0.6) is 0 Å². The molecule has 142 valence electrons. The first kappa shape index (κ1) is 23.8. The van der Waals surface area contributed by atoms with Crippen molar-refractivity contribution < 1.29 is 18.0 Å². The van der Waals surface area contributed by atoms with Gasteiger partial charge in [0.05, 0.1) is 12.6 Å². The molecule has 1 unspecified atom stereocenters. The first-order valence-corrected chi connectivity index (χ1v) is 7.53. The average Bonchev–Trinajstić information content (AvgIpc) is 2.49. The van der Waals surface area contributed by atoms with Crippen LogP contribution in [0, 0.1) is 0 Å². The van der Waals surface area contributed by atoms with Crippen molar-refractivity contribution in [1.29, 1.82) is 0 Å². The summed E-state index contributed by atoms with van der Waals surface area (Å²) in [4.78, 5) is 16.3. The van der Waals surface area contributed by atoms with Gasteiger partial charge in [-0.15, -0.1) is 24.0 Å². The number of amides is 1. The summed E-state index contributed by atoms with van der Waals surface area (Å²) in [6.45, 7) is 0.300. The van der Waals surface area contributed by atoms with Crippen LogP contribution in [0.25, 0.3) is 0 Å². The van der Waals surface area contributed by atoms with Crippen molar-refractivity contribution in [2.24, 2.45) is 4.99 Å². The van der Waals surface area contributed by atoms with E-state index in [9.17, 15) is 18.0 Å². The van der Waals surface area contributed by atoms with Crippen LogP contribution in [-0.4, -0.2) is 50.1 Å². The van der Waals surface area contributed by atoms with Gasteiger partial charge in [0.15, 0.2) is 5.96 Å². The van der Waals surface area contributed by atoms with Crippen molar-refractivity contribution in [2.45, 2.75) is 19.1 Å². The maximum atomic E-state index is 12.3. The number of hydrogen-bond donors (Lipinski definition) is 2. The smallest absolute Gasteiger partial charge is 0.350 e. The zero-order valence-corrected chi connectivity index (χ0v) is 17.1. The minimum absolute atomic E-state index is 0. The zero-order chi connectivity index (χ0) is 18.3. The molecule has 0 bridgehead atoms. The van der Waals surface area contributed by atoms with Crippen LogP contribution in [0.2, 0.25) is 5.02 Å². The number of guanidine groups is 1. The van der Waals surface area contributed by atoms with Crippen molar-refractivity contribution in [1.82, 2.24) is 15.5 Å². The molecular weight excluding hydrogens is 472 g/mol. The lowest BCUT2D eigenvalue weighted by atomic mass is 10.1. The van der Waals surface area contributed by atoms with Crippen LogP contribution in [0.4, 0.5) is 13.2 Å². The van der Waals surface area contributed by atoms with E-state index in [4.69, 9.17) is 11.6 Å². The highest BCUT2D eigenvalue weighted by atomic mass is 127. The van der Waals surface area contributed by atoms with Crippen LogP contribution >= 0.6 is 35.6 Å². The van der Waals surface area contributed by atoms with Gasteiger partial charge < -0.3 is 15.5 Å². The van der Waals surface area contributed by atoms with Gasteiger partial charge in [0, 0.05) is 19.1 Å². The molecule has 0 aromatic heterocycles. The van der Waals surface area contributed by atoms with E-state index < -0.39 is 18.6 Å². The highest BCUT2D eigenvalue weighted by Gasteiger charge is 2.31. The van der Waals surface area contributed by atoms with Crippen LogP contribution in [0.3, 0.4) is 0 Å². The van der Waals surface area contributed by atoms with Crippen LogP contribution in [-0.2, 0) is 4.79 Å². The second-order valence-corrected chi connectivity index (χ2v) is 5.64. The van der Waals surface area contributed by atoms with E-state index in [1.807, 2.05) is 19.1 Å². The third kappa shape index (κ3) is 9.15. The van der Waals surface area contributed by atoms with E-state index >= 15 is 0 Å². The largest absolute Gasteiger partial charge is 0.406 e. The molecule has 0 aliphatic heterocycles. The summed E-state index contributed by atoms with van der Waals surface area (Å²) in [5.41, 5.74) is 0.947. The van der Waals surface area contributed by atoms with E-state index in [2.05, 4.69) is 15.6 Å². The molecular formula is C15H21ClF3IN4O. The van der Waals surface area contributed by atoms with E-state index in [-0.39, 0.29) is 36.6 Å². The van der Waals surface area contributed by atoms with E-state index in [1.165, 1.54) is 7.05 Å². The fraction of sp³-hybridized carbons (Fsp3) is 0.467. The van der Waals surface area contributed by atoms with Crippen LogP contribution in [0.15, 0.2) is 29.3 Å². The first-order chi connectivity index (χ1) is 11.1. The Bertz CT molecular complexity index is 581. The highest BCUT2D eigenvalue weighted by Crippen LogP contribution is 2.16. The minimum atomic E-state index is -4.42. The molecule has 1 amide bonds. The number of nitrogens with zero attached hydrogens (tertiary/aromatic N) is 2. The normalized spacial score (nSPS) is 12.8. The lowest BCUT2D eigenvalue weighted by Gasteiger charge is -2.21. The number of carbonyl (C=O) groups is 1. The Morgan fingerprint density at radius 1 is 1.32 bits per heavy atom. The predicted octanol–water partition coefficient (Wildman–Crippen LogP) is 3.20. The van der Waals surface area contributed by atoms with Gasteiger partial charge in [0.25, 0.3) is 0 Å². The number of carbonyl (C=O) groups excluding carboxylic acids is 1. The molecule has 0 spiro atoms. The van der Waals surface area contributed by atoms with Crippen LogP contribution in [0.1, 0.15) is 18.5 Å². The number of halogens is 5. The van der Waals surface area contributed by atoms with Gasteiger partial charge >= 0.3 is 6.18 Å². The summed E-state index contributed by atoms with van der Waals surface area (Å²) in [6, 6.07) is 7.06. The Morgan fingerprint density at radius 3 is 2.36 bits per heavy atom. The van der Waals surface area contributed by atoms with Crippen molar-refractivity contribution in [3.63, 3.8) is 0 Å². The van der Waals surface area contributed by atoms with Gasteiger partial charge in [-0.05, 0) is 24.6 Å². The van der Waals surface area contributed by atoms with Crippen LogP contribution < -0.4 is 10.6 Å². The van der Waals surface area contributed by atoms with Crippen molar-refractivity contribution >= 4 is 47.4 Å². The molecule has 0 aliphatic carbocycles. The van der Waals surface area contributed by atoms with E-state index in [0.29, 0.717) is 15.9 Å². The van der Waals surface area contributed by atoms with Crippen molar-refractivity contribution in [3.8, 4) is 0 Å². The molecule has 0 fully saturated rings. The summed E-state index contributed by atoms with van der Waals surface area (Å²) < 4.78 is 36.8. The third-order valence-electron chi connectivity index (χ3n) is 3.20. The summed E-state index contributed by atoms with van der Waals surface area (Å²) in [5, 5.41) is 6.37. The molecule has 1 aromatic carbocycles. The zero-order valence-electron chi connectivity index (χ0n) is 14.0. The van der Waals surface area contributed by atoms with Gasteiger partial charge in [0.2, 0.25) is 5.91 Å². The SMILES string of the molecule is CN=C(NCC(=O)N(C)CC(F)(F)F)NC(C)c1ccc(Cl)cc1.I. The Balaban J connectivity index is 0.00000576. The minimum Gasteiger partial charge on any atom is -0.350 e. The standard InChI is InChI=1S/C15H20ClF3N4O.HI/c1-10(11-4-6-12(16)7-5-11)22-14(20-2)21-8-13(24)23(3)9-15(17,18)19;/h4-7,10H,8-9H2,1-3H3,(H2,20,21,22);1H. The molecule has 10 heteroatoms. The quantitative estimate of drug-likeness (QED) is 0.377. The molecule has 0 saturated carbocycles. The molecule has 0 saturated heterocycles. The number of alkyl halides is 3. The molecule has 1 rings (SSSR count). The highest BCUT2D eigenvalue weighted by molar-refractivity contribution is 14.0. The summed E-state index contributed by atoms with van der Waals surface area (Å²) >= 11 is 5.83. The molecule has 0 aliphatic rings. The Hall–Kier alpha value is -1.23. The molecule has 0 radical (unpaired) electrons. The number of nitrogens with one attached hydrogen (secondary N) is 2. The van der Waals surface area contributed by atoms with Crippen molar-refractivity contribution in [2.75, 3.05) is 27.2 Å². The Labute approximate surface area is 167 Å². The lowest BCUT2D eigenvalue weighted by Crippen LogP contribution is -2.46. The maximum Gasteiger partial charge on any atom is 0.406 e. The van der Waals surface area contributed by atoms with E-state index in [0.717, 1.165) is 12.6 Å². The first-order valence-electron chi connectivity index (χ1n) is 7.15. The summed E-state index contributed by atoms with van der Waals surface area (Å²) in [5.74, 6) is -0.374. The van der Waals surface area contributed by atoms with Gasteiger partial charge in [0.1, 0.15) is 6.54 Å². The fourth-order valence-electron chi connectivity index (χ4n) is 1.89. The second-order valence-electron chi connectivity index (χ2n) is 5.21. The molecule has 2 N–H and O–H groups in total. The number of benzene rings is 1. The average molecular weight is 493 g/mol. The third-order valence-corrected chi connectivity index (χ3v) is 3.45. The Morgan fingerprint density at radius 2 is 1.88 bits per heavy atom. The number of hydrogen-bond acceptors (Lipinski definition) is 2. The number of likely N-dealkylation sites (N-methyl/N-ethyl adjacent to an activating group) is 1. The van der Waals surface area contributed by atoms with Crippen molar-refractivity contribution in [3.05, 3.63) is 34.9 Å². The Kier molecular flexibility index (Phi) is 10.2. The number of aliphatic imine (C=N–C) groups is 1.